The normalized spacial score (nSPS) is 15.9. The second-order valence-corrected chi connectivity index (χ2v) is 12.1. The summed E-state index contributed by atoms with van der Waals surface area (Å²) < 4.78 is 4.06. The van der Waals surface area contributed by atoms with Crippen molar-refractivity contribution in [1.29, 1.82) is 0 Å². The molecular weight excluding hydrogens is 456 g/mol. The summed E-state index contributed by atoms with van der Waals surface area (Å²) in [5.41, 5.74) is 0. The molecule has 29 heavy (non-hydrogen) atoms. The molecule has 1 aliphatic rings. The fourth-order valence-electron chi connectivity index (χ4n) is 5.11. The van der Waals surface area contributed by atoms with Gasteiger partial charge >= 0.3 is 0 Å². The van der Waals surface area contributed by atoms with Gasteiger partial charge in [-0.2, -0.15) is 0 Å². The smallest absolute Gasteiger partial charge is 0.0711 e. The lowest BCUT2D eigenvalue weighted by Crippen LogP contribution is -2.06. The maximum absolute atomic E-state index is 3.66. The van der Waals surface area contributed by atoms with Gasteiger partial charge < -0.3 is 0 Å². The summed E-state index contributed by atoms with van der Waals surface area (Å²) >= 11 is 7.52. The zero-order chi connectivity index (χ0) is 19.4. The highest BCUT2D eigenvalue weighted by Crippen LogP contribution is 2.40. The molecule has 0 saturated heterocycles. The first-order valence-electron chi connectivity index (χ1n) is 10.7. The Morgan fingerprint density at radius 1 is 0.724 bits per heavy atom. The third kappa shape index (κ3) is 3.32. The fourth-order valence-corrected chi connectivity index (χ4v) is 7.95. The minimum atomic E-state index is 0.960. The monoisotopic (exact) mass is 478 g/mol. The molecule has 0 N–H and O–H groups in total. The number of benzene rings is 3. The molecule has 1 fully saturated rings. The summed E-state index contributed by atoms with van der Waals surface area (Å²) in [5.74, 6) is 0.960. The number of thiophene rings is 2. The lowest BCUT2D eigenvalue weighted by molar-refractivity contribution is 0.340. The van der Waals surface area contributed by atoms with E-state index in [0.29, 0.717) is 0 Å². The Balaban J connectivity index is 1.43. The van der Waals surface area contributed by atoms with E-state index in [0.717, 1.165) is 5.92 Å². The van der Waals surface area contributed by atoms with Crippen molar-refractivity contribution in [1.82, 2.24) is 0 Å². The van der Waals surface area contributed by atoms with Gasteiger partial charge in [0.15, 0.2) is 0 Å². The van der Waals surface area contributed by atoms with Gasteiger partial charge in [0.2, 0.25) is 0 Å². The highest BCUT2D eigenvalue weighted by atomic mass is 79.9. The first-order chi connectivity index (χ1) is 14.2. The maximum Gasteiger partial charge on any atom is 0.0711 e. The lowest BCUT2D eigenvalue weighted by atomic mass is 9.86. The van der Waals surface area contributed by atoms with Gasteiger partial charge in [0.1, 0.15) is 0 Å². The minimum Gasteiger partial charge on any atom is -0.140 e. The Bertz CT molecular complexity index is 1350. The van der Waals surface area contributed by atoms with E-state index in [4.69, 9.17) is 0 Å². The molecule has 0 bridgehead atoms. The van der Waals surface area contributed by atoms with E-state index >= 15 is 0 Å². The molecule has 0 nitrogen and oxygen atoms in total. The Morgan fingerprint density at radius 3 is 2.07 bits per heavy atom. The van der Waals surface area contributed by atoms with Crippen molar-refractivity contribution in [2.45, 2.75) is 44.9 Å². The number of halogens is 1. The molecule has 5 aromatic rings. The summed E-state index contributed by atoms with van der Waals surface area (Å²) in [5, 5.41) is 8.25. The van der Waals surface area contributed by atoms with Crippen LogP contribution in [-0.4, -0.2) is 0 Å². The molecule has 3 aromatic carbocycles. The molecule has 146 valence electrons. The first kappa shape index (κ1) is 18.4. The average Bonchev–Trinajstić information content (AvgIpc) is 3.34. The van der Waals surface area contributed by atoms with Crippen molar-refractivity contribution in [3.8, 4) is 0 Å². The molecular formula is C26H23BrS2. The van der Waals surface area contributed by atoms with Crippen molar-refractivity contribution in [3.05, 3.63) is 57.2 Å². The van der Waals surface area contributed by atoms with Crippen LogP contribution in [-0.2, 0) is 6.42 Å². The molecule has 3 heteroatoms. The summed E-state index contributed by atoms with van der Waals surface area (Å²) in [6.07, 6.45) is 9.88. The van der Waals surface area contributed by atoms with Crippen molar-refractivity contribution < 1.29 is 0 Å². The van der Waals surface area contributed by atoms with Crippen molar-refractivity contribution >= 4 is 80.3 Å². The first-order valence-corrected chi connectivity index (χ1v) is 13.1. The zero-order valence-electron chi connectivity index (χ0n) is 16.3. The van der Waals surface area contributed by atoms with Crippen LogP contribution in [0, 0.1) is 5.92 Å². The Hall–Kier alpha value is -1.42. The van der Waals surface area contributed by atoms with E-state index < -0.39 is 0 Å². The third-order valence-electron chi connectivity index (χ3n) is 6.66. The largest absolute Gasteiger partial charge is 0.140 e. The van der Waals surface area contributed by atoms with E-state index in [1.165, 1.54) is 90.4 Å². The van der Waals surface area contributed by atoms with Crippen LogP contribution in [0.5, 0.6) is 0 Å². The Morgan fingerprint density at radius 2 is 1.34 bits per heavy atom. The van der Waals surface area contributed by atoms with Gasteiger partial charge in [0.05, 0.1) is 3.79 Å². The zero-order valence-corrected chi connectivity index (χ0v) is 19.6. The SMILES string of the molecule is Brc1cc2ccc3cc4c(ccc5cc(CCC6CCCCC6)sc54)cc3c2s1. The van der Waals surface area contributed by atoms with E-state index in [9.17, 15) is 0 Å². The third-order valence-corrected chi connectivity index (χ3v) is 9.59. The second-order valence-electron chi connectivity index (χ2n) is 8.57. The summed E-state index contributed by atoms with van der Waals surface area (Å²) in [7, 11) is 0. The van der Waals surface area contributed by atoms with Crippen LogP contribution in [0.25, 0.3) is 41.7 Å². The molecule has 2 aromatic heterocycles. The predicted molar refractivity (Wildman–Crippen MR) is 135 cm³/mol. The molecule has 0 amide bonds. The van der Waals surface area contributed by atoms with Crippen molar-refractivity contribution in [3.63, 3.8) is 0 Å². The topological polar surface area (TPSA) is 0 Å². The quantitative estimate of drug-likeness (QED) is 0.226. The molecule has 1 saturated carbocycles. The molecule has 1 aliphatic carbocycles. The molecule has 0 atom stereocenters. The van der Waals surface area contributed by atoms with Crippen molar-refractivity contribution in [2.75, 3.05) is 0 Å². The van der Waals surface area contributed by atoms with Crippen molar-refractivity contribution in [2.24, 2.45) is 5.92 Å². The second kappa shape index (κ2) is 7.37. The van der Waals surface area contributed by atoms with Crippen LogP contribution >= 0.6 is 38.6 Å². The number of hydrogen-bond acceptors (Lipinski definition) is 2. The minimum absolute atomic E-state index is 0.960. The molecule has 6 rings (SSSR count). The average molecular weight is 480 g/mol. The van der Waals surface area contributed by atoms with Crippen LogP contribution in [0.2, 0.25) is 0 Å². The van der Waals surface area contributed by atoms with Crippen LogP contribution < -0.4 is 0 Å². The van der Waals surface area contributed by atoms with Gasteiger partial charge in [-0.15, -0.1) is 22.7 Å². The summed E-state index contributed by atoms with van der Waals surface area (Å²) in [4.78, 5) is 1.57. The predicted octanol–water partition coefficient (Wildman–Crippen LogP) is 9.70. The van der Waals surface area contributed by atoms with E-state index in [1.54, 1.807) is 4.88 Å². The van der Waals surface area contributed by atoms with Gasteiger partial charge in [-0.3, -0.25) is 0 Å². The number of rotatable bonds is 3. The molecule has 0 radical (unpaired) electrons. The lowest BCUT2D eigenvalue weighted by Gasteiger charge is -2.20. The van der Waals surface area contributed by atoms with Gasteiger partial charge in [0, 0.05) is 25.0 Å². The highest BCUT2D eigenvalue weighted by Gasteiger charge is 2.15. The van der Waals surface area contributed by atoms with Gasteiger partial charge in [-0.05, 0) is 80.5 Å². The van der Waals surface area contributed by atoms with Crippen LogP contribution in [0.3, 0.4) is 0 Å². The van der Waals surface area contributed by atoms with E-state index in [-0.39, 0.29) is 0 Å². The van der Waals surface area contributed by atoms with Gasteiger partial charge in [-0.25, -0.2) is 0 Å². The number of hydrogen-bond donors (Lipinski definition) is 0. The van der Waals surface area contributed by atoms with Gasteiger partial charge in [-0.1, -0.05) is 56.4 Å². The van der Waals surface area contributed by atoms with Gasteiger partial charge in [0.25, 0.3) is 0 Å². The van der Waals surface area contributed by atoms with E-state index in [2.05, 4.69) is 64.5 Å². The molecule has 0 aliphatic heterocycles. The van der Waals surface area contributed by atoms with Crippen LogP contribution in [0.15, 0.2) is 52.3 Å². The Kier molecular flexibility index (Phi) is 4.66. The summed E-state index contributed by atoms with van der Waals surface area (Å²) in [6, 6.07) is 18.7. The fraction of sp³-hybridized carbons (Fsp3) is 0.308. The van der Waals surface area contributed by atoms with Crippen LogP contribution in [0.1, 0.15) is 43.4 Å². The number of fused-ring (bicyclic) bond motifs is 6. The summed E-state index contributed by atoms with van der Waals surface area (Å²) in [6.45, 7) is 0. The Labute approximate surface area is 187 Å². The molecule has 0 spiro atoms. The highest BCUT2D eigenvalue weighted by molar-refractivity contribution is 9.11. The van der Waals surface area contributed by atoms with E-state index in [1.807, 2.05) is 22.7 Å². The molecule has 0 unspecified atom stereocenters. The molecule has 2 heterocycles. The maximum atomic E-state index is 3.66. The number of aryl methyl sites for hydroxylation is 1. The van der Waals surface area contributed by atoms with Crippen LogP contribution in [0.4, 0.5) is 0 Å². The standard InChI is InChI=1S/C26H23BrS2/c27-24-15-20-10-8-18-13-22-17(14-23(18)26(20)29-24)7-9-19-12-21(28-25(19)22)11-6-16-4-2-1-3-5-16/h7-10,12-16H,1-6,11H2.